The molecule has 0 radical (unpaired) electrons. The van der Waals surface area contributed by atoms with E-state index < -0.39 is 10.0 Å². The first kappa shape index (κ1) is 13.5. The zero-order valence-electron chi connectivity index (χ0n) is 9.08. The van der Waals surface area contributed by atoms with Crippen molar-refractivity contribution < 1.29 is 18.0 Å². The molecule has 1 aromatic rings. The largest absolute Gasteiger partial charge is 0.382 e. The maximum Gasteiger partial charge on any atom is 0.265 e. The molecule has 0 aliphatic rings. The van der Waals surface area contributed by atoms with Gasteiger partial charge in [-0.25, -0.2) is 13.4 Å². The molecule has 0 spiro atoms. The lowest BCUT2D eigenvalue weighted by atomic mass is 10.4. The summed E-state index contributed by atoms with van der Waals surface area (Å²) >= 11 is 0. The molecule has 0 saturated carbocycles. The summed E-state index contributed by atoms with van der Waals surface area (Å²) in [4.78, 5) is 10.0. The molecule has 92 valence electrons. The molecule has 1 N–H and O–H groups in total. The summed E-state index contributed by atoms with van der Waals surface area (Å²) in [5, 5.41) is 8.73. The average Bonchev–Trinajstić information content (AvgIpc) is 2.34. The second-order valence-electron chi connectivity index (χ2n) is 2.89. The van der Waals surface area contributed by atoms with Crippen LogP contribution in [0, 0.1) is 11.3 Å². The lowest BCUT2D eigenvalue weighted by Crippen LogP contribution is -2.26. The number of pyridine rings is 1. The van der Waals surface area contributed by atoms with Crippen molar-refractivity contribution in [2.45, 2.75) is 4.90 Å². The van der Waals surface area contributed by atoms with E-state index in [0.717, 1.165) is 0 Å². The minimum Gasteiger partial charge on any atom is -0.382 e. The van der Waals surface area contributed by atoms with E-state index in [2.05, 4.69) is 9.72 Å². The maximum atomic E-state index is 11.7. The Morgan fingerprint density at radius 2 is 2.29 bits per heavy atom. The predicted octanol–water partition coefficient (Wildman–Crippen LogP) is -0.190. The molecule has 0 amide bonds. The Morgan fingerprint density at radius 3 is 2.94 bits per heavy atom. The Labute approximate surface area is 99.0 Å². The van der Waals surface area contributed by atoms with Gasteiger partial charge in [-0.15, -0.1) is 0 Å². The van der Waals surface area contributed by atoms with Crippen LogP contribution in [0.2, 0.25) is 0 Å². The number of methoxy groups -OCH3 is 1. The molecule has 0 aliphatic heterocycles. The zero-order valence-corrected chi connectivity index (χ0v) is 9.90. The standard InChI is InChI=1S/C9H11N3O4S/c1-15-5-6-16-12-17(13,14)9-3-2-4-11-8(9)7-10/h2-4,12H,5-6H2,1H3. The van der Waals surface area contributed by atoms with E-state index in [9.17, 15) is 8.42 Å². The third kappa shape index (κ3) is 3.76. The normalized spacial score (nSPS) is 11.1. The second kappa shape index (κ2) is 6.27. The van der Waals surface area contributed by atoms with E-state index in [1.54, 1.807) is 6.07 Å². The molecule has 7 nitrogen and oxygen atoms in total. The lowest BCUT2D eigenvalue weighted by molar-refractivity contribution is 0.0438. The van der Waals surface area contributed by atoms with Gasteiger partial charge in [-0.1, -0.05) is 4.89 Å². The summed E-state index contributed by atoms with van der Waals surface area (Å²) in [6.07, 6.45) is 1.34. The molecule has 0 saturated heterocycles. The molecule has 1 aromatic heterocycles. The van der Waals surface area contributed by atoms with Gasteiger partial charge in [-0.2, -0.15) is 5.26 Å². The Morgan fingerprint density at radius 1 is 1.53 bits per heavy atom. The Balaban J connectivity index is 2.80. The molecular weight excluding hydrogens is 246 g/mol. The zero-order chi connectivity index (χ0) is 12.7. The van der Waals surface area contributed by atoms with E-state index in [1.807, 2.05) is 4.89 Å². The molecule has 1 rings (SSSR count). The molecule has 0 bridgehead atoms. The molecular formula is C9H11N3O4S. The van der Waals surface area contributed by atoms with Crippen LogP contribution in [0.15, 0.2) is 23.2 Å². The van der Waals surface area contributed by atoms with Crippen molar-refractivity contribution in [3.05, 3.63) is 24.0 Å². The van der Waals surface area contributed by atoms with Crippen LogP contribution in [-0.4, -0.2) is 33.7 Å². The lowest BCUT2D eigenvalue weighted by Gasteiger charge is -2.07. The van der Waals surface area contributed by atoms with Gasteiger partial charge in [-0.3, -0.25) is 4.84 Å². The van der Waals surface area contributed by atoms with Gasteiger partial charge < -0.3 is 4.74 Å². The highest BCUT2D eigenvalue weighted by atomic mass is 32.2. The average molecular weight is 257 g/mol. The minimum atomic E-state index is -3.90. The Hall–Kier alpha value is -1.53. The first-order valence-corrected chi connectivity index (χ1v) is 6.08. The quantitative estimate of drug-likeness (QED) is 0.560. The fourth-order valence-corrected chi connectivity index (χ4v) is 1.92. The third-order valence-electron chi connectivity index (χ3n) is 1.72. The van der Waals surface area contributed by atoms with Crippen LogP contribution in [-0.2, 0) is 19.6 Å². The summed E-state index contributed by atoms with van der Waals surface area (Å²) in [5.41, 5.74) is -0.185. The molecule has 17 heavy (non-hydrogen) atoms. The van der Waals surface area contributed by atoms with Crippen molar-refractivity contribution in [3.63, 3.8) is 0 Å². The number of nitrogens with one attached hydrogen (secondary N) is 1. The van der Waals surface area contributed by atoms with Crippen molar-refractivity contribution in [2.75, 3.05) is 20.3 Å². The van der Waals surface area contributed by atoms with Crippen molar-refractivity contribution >= 4 is 10.0 Å². The predicted molar refractivity (Wildman–Crippen MR) is 57.1 cm³/mol. The number of aromatic nitrogens is 1. The SMILES string of the molecule is COCCONS(=O)(=O)c1cccnc1C#N. The first-order chi connectivity index (χ1) is 8.11. The highest BCUT2D eigenvalue weighted by molar-refractivity contribution is 7.89. The topological polar surface area (TPSA) is 101 Å². The van der Waals surface area contributed by atoms with Crippen molar-refractivity contribution in [2.24, 2.45) is 0 Å². The highest BCUT2D eigenvalue weighted by Gasteiger charge is 2.19. The van der Waals surface area contributed by atoms with Crippen LogP contribution >= 0.6 is 0 Å². The molecule has 0 atom stereocenters. The fraction of sp³-hybridized carbons (Fsp3) is 0.333. The van der Waals surface area contributed by atoms with Gasteiger partial charge in [0.05, 0.1) is 13.2 Å². The number of sulfonamides is 1. The van der Waals surface area contributed by atoms with E-state index in [-0.39, 0.29) is 23.8 Å². The summed E-state index contributed by atoms with van der Waals surface area (Å²) in [7, 11) is -2.43. The molecule has 0 unspecified atom stereocenters. The summed E-state index contributed by atoms with van der Waals surface area (Å²) in [5.74, 6) is 0. The van der Waals surface area contributed by atoms with Gasteiger partial charge in [0.2, 0.25) is 0 Å². The van der Waals surface area contributed by atoms with Crippen molar-refractivity contribution in [1.29, 1.82) is 5.26 Å². The molecule has 0 aliphatic carbocycles. The number of ether oxygens (including phenoxy) is 1. The van der Waals surface area contributed by atoms with Crippen molar-refractivity contribution in [3.8, 4) is 6.07 Å². The number of hydrogen-bond acceptors (Lipinski definition) is 6. The van der Waals surface area contributed by atoms with Crippen LogP contribution in [0.25, 0.3) is 0 Å². The van der Waals surface area contributed by atoms with Crippen molar-refractivity contribution in [1.82, 2.24) is 9.87 Å². The smallest absolute Gasteiger partial charge is 0.265 e. The van der Waals surface area contributed by atoms with Crippen LogP contribution in [0.4, 0.5) is 0 Å². The van der Waals surface area contributed by atoms with Gasteiger partial charge in [0.25, 0.3) is 10.0 Å². The van der Waals surface area contributed by atoms with Crippen LogP contribution in [0.3, 0.4) is 0 Å². The molecule has 1 heterocycles. The van der Waals surface area contributed by atoms with Crippen LogP contribution in [0.1, 0.15) is 5.69 Å². The summed E-state index contributed by atoms with van der Waals surface area (Å²) in [6, 6.07) is 4.39. The monoisotopic (exact) mass is 257 g/mol. The van der Waals surface area contributed by atoms with Gasteiger partial charge >= 0.3 is 0 Å². The number of hydrogen-bond donors (Lipinski definition) is 1. The highest BCUT2D eigenvalue weighted by Crippen LogP contribution is 2.11. The molecule has 0 fully saturated rings. The van der Waals surface area contributed by atoms with E-state index in [1.165, 1.54) is 25.4 Å². The number of nitriles is 1. The van der Waals surface area contributed by atoms with Gasteiger partial charge in [0.15, 0.2) is 5.69 Å². The first-order valence-electron chi connectivity index (χ1n) is 4.59. The number of nitrogens with zero attached hydrogens (tertiary/aromatic N) is 2. The summed E-state index contributed by atoms with van der Waals surface area (Å²) < 4.78 is 28.1. The van der Waals surface area contributed by atoms with Crippen LogP contribution in [0.5, 0.6) is 0 Å². The minimum absolute atomic E-state index is 0.0673. The van der Waals surface area contributed by atoms with E-state index >= 15 is 0 Å². The van der Waals surface area contributed by atoms with E-state index in [4.69, 9.17) is 10.1 Å². The van der Waals surface area contributed by atoms with Gasteiger partial charge in [0, 0.05) is 13.3 Å². The Kier molecular flexibility index (Phi) is 4.99. The Bertz CT molecular complexity index is 509. The maximum absolute atomic E-state index is 11.7. The van der Waals surface area contributed by atoms with Gasteiger partial charge in [0.1, 0.15) is 11.0 Å². The van der Waals surface area contributed by atoms with Gasteiger partial charge in [-0.05, 0) is 12.1 Å². The molecule has 8 heteroatoms. The summed E-state index contributed by atoms with van der Waals surface area (Å²) in [6.45, 7) is 0.318. The fourth-order valence-electron chi connectivity index (χ4n) is 0.980. The van der Waals surface area contributed by atoms with Crippen LogP contribution < -0.4 is 4.89 Å². The number of rotatable bonds is 6. The second-order valence-corrected chi connectivity index (χ2v) is 4.50. The molecule has 0 aromatic carbocycles. The third-order valence-corrected chi connectivity index (χ3v) is 2.97. The van der Waals surface area contributed by atoms with E-state index in [0.29, 0.717) is 0 Å².